The third kappa shape index (κ3) is 2.93. The Hall–Kier alpha value is -1.10. The fraction of sp³-hybridized carbons (Fsp3) is 0.647. The molecule has 116 valence electrons. The summed E-state index contributed by atoms with van der Waals surface area (Å²) in [6.45, 7) is 5.11. The van der Waals surface area contributed by atoms with Gasteiger partial charge in [0.05, 0.1) is 6.10 Å². The maximum Gasteiger partial charge on any atom is 0.0710 e. The largest absolute Gasteiger partial charge is 0.380 e. The molecule has 0 spiro atoms. The maximum absolute atomic E-state index is 6.19. The lowest BCUT2D eigenvalue weighted by Gasteiger charge is -2.47. The summed E-state index contributed by atoms with van der Waals surface area (Å²) in [6.07, 6.45) is 3.82. The molecule has 0 saturated carbocycles. The number of benzene rings is 1. The monoisotopic (exact) mass is 289 g/mol. The summed E-state index contributed by atoms with van der Waals surface area (Å²) in [7, 11) is 1.82. The number of hydrogen-bond donors (Lipinski definition) is 1. The van der Waals surface area contributed by atoms with Crippen LogP contribution >= 0.6 is 0 Å². The zero-order chi connectivity index (χ0) is 14.7. The van der Waals surface area contributed by atoms with Crippen LogP contribution in [0.4, 0.5) is 5.69 Å². The Bertz CT molecular complexity index is 443. The maximum atomic E-state index is 6.19. The Morgan fingerprint density at radius 2 is 1.90 bits per heavy atom. The van der Waals surface area contributed by atoms with Crippen molar-refractivity contribution in [2.45, 2.75) is 30.9 Å². The van der Waals surface area contributed by atoms with Crippen LogP contribution < -0.4 is 10.6 Å². The van der Waals surface area contributed by atoms with E-state index in [9.17, 15) is 0 Å². The minimum atomic E-state index is 0.179. The lowest BCUT2D eigenvalue weighted by Crippen LogP contribution is -2.59. The minimum absolute atomic E-state index is 0.179. The van der Waals surface area contributed by atoms with Gasteiger partial charge in [-0.15, -0.1) is 0 Å². The first-order valence-electron chi connectivity index (χ1n) is 8.05. The topological polar surface area (TPSA) is 41.7 Å². The highest BCUT2D eigenvalue weighted by atomic mass is 16.5. The molecule has 2 fully saturated rings. The van der Waals surface area contributed by atoms with Gasteiger partial charge in [-0.05, 0) is 31.4 Å². The number of anilines is 1. The standard InChI is InChI=1S/C17H27N3O/c1-21-16-7-10-20(13-16)17(14-18)8-11-19(12-9-17)15-5-3-2-4-6-15/h2-6,16H,7-14,18H2,1H3. The second-order valence-electron chi connectivity index (χ2n) is 6.34. The van der Waals surface area contributed by atoms with E-state index in [-0.39, 0.29) is 5.54 Å². The molecule has 4 nitrogen and oxygen atoms in total. The zero-order valence-corrected chi connectivity index (χ0v) is 13.0. The number of ether oxygens (including phenoxy) is 1. The highest BCUT2D eigenvalue weighted by molar-refractivity contribution is 5.46. The van der Waals surface area contributed by atoms with Crippen molar-refractivity contribution in [1.82, 2.24) is 4.90 Å². The summed E-state index contributed by atoms with van der Waals surface area (Å²) in [5, 5.41) is 0. The predicted molar refractivity (Wildman–Crippen MR) is 86.7 cm³/mol. The van der Waals surface area contributed by atoms with Crippen LogP contribution in [0.2, 0.25) is 0 Å². The molecule has 1 atom stereocenters. The van der Waals surface area contributed by atoms with Gasteiger partial charge in [0.25, 0.3) is 0 Å². The summed E-state index contributed by atoms with van der Waals surface area (Å²) in [4.78, 5) is 5.07. The van der Waals surface area contributed by atoms with Gasteiger partial charge in [0.15, 0.2) is 0 Å². The Balaban J connectivity index is 1.65. The predicted octanol–water partition coefficient (Wildman–Crippen LogP) is 1.70. The van der Waals surface area contributed by atoms with Crippen molar-refractivity contribution in [3.63, 3.8) is 0 Å². The molecule has 2 saturated heterocycles. The summed E-state index contributed by atoms with van der Waals surface area (Å²) < 4.78 is 5.52. The van der Waals surface area contributed by atoms with Crippen LogP contribution in [0.5, 0.6) is 0 Å². The molecule has 0 amide bonds. The summed E-state index contributed by atoms with van der Waals surface area (Å²) in [5.74, 6) is 0. The molecule has 1 unspecified atom stereocenters. The second-order valence-corrected chi connectivity index (χ2v) is 6.34. The van der Waals surface area contributed by atoms with Crippen molar-refractivity contribution >= 4 is 5.69 Å². The van der Waals surface area contributed by atoms with Gasteiger partial charge >= 0.3 is 0 Å². The second kappa shape index (κ2) is 6.34. The van der Waals surface area contributed by atoms with E-state index in [4.69, 9.17) is 10.5 Å². The Morgan fingerprint density at radius 3 is 2.48 bits per heavy atom. The first-order valence-corrected chi connectivity index (χ1v) is 8.05. The molecule has 2 aliphatic heterocycles. The van der Waals surface area contributed by atoms with Crippen molar-refractivity contribution in [2.75, 3.05) is 44.7 Å². The van der Waals surface area contributed by atoms with Gasteiger partial charge < -0.3 is 15.4 Å². The normalized spacial score (nSPS) is 26.2. The van der Waals surface area contributed by atoms with Gasteiger partial charge in [-0.25, -0.2) is 0 Å². The van der Waals surface area contributed by atoms with Crippen LogP contribution in [0.15, 0.2) is 30.3 Å². The number of nitrogens with zero attached hydrogens (tertiary/aromatic N) is 2. The van der Waals surface area contributed by atoms with Gasteiger partial charge in [0.1, 0.15) is 0 Å². The highest BCUT2D eigenvalue weighted by Gasteiger charge is 2.41. The number of methoxy groups -OCH3 is 1. The first kappa shape index (κ1) is 14.8. The molecule has 2 aliphatic rings. The van der Waals surface area contributed by atoms with Crippen LogP contribution in [-0.4, -0.2) is 56.4 Å². The molecule has 0 radical (unpaired) electrons. The zero-order valence-electron chi connectivity index (χ0n) is 13.0. The molecule has 4 heteroatoms. The summed E-state index contributed by atoms with van der Waals surface area (Å²) >= 11 is 0. The third-order valence-corrected chi connectivity index (χ3v) is 5.34. The fourth-order valence-electron chi connectivity index (χ4n) is 3.82. The minimum Gasteiger partial charge on any atom is -0.380 e. The lowest BCUT2D eigenvalue weighted by molar-refractivity contribution is 0.0595. The van der Waals surface area contributed by atoms with Crippen LogP contribution in [-0.2, 0) is 4.74 Å². The number of piperidine rings is 1. The molecule has 0 aliphatic carbocycles. The number of hydrogen-bond acceptors (Lipinski definition) is 4. The van der Waals surface area contributed by atoms with E-state index >= 15 is 0 Å². The molecule has 1 aromatic rings. The van der Waals surface area contributed by atoms with Crippen LogP contribution in [0, 0.1) is 0 Å². The molecule has 1 aromatic carbocycles. The Labute approximate surface area is 127 Å². The molecule has 2 N–H and O–H groups in total. The summed E-state index contributed by atoms with van der Waals surface area (Å²) in [6, 6.07) is 10.7. The van der Waals surface area contributed by atoms with Gasteiger partial charge in [-0.3, -0.25) is 4.90 Å². The van der Waals surface area contributed by atoms with Crippen LogP contribution in [0.1, 0.15) is 19.3 Å². The van der Waals surface area contributed by atoms with E-state index < -0.39 is 0 Å². The molecule has 2 heterocycles. The van der Waals surface area contributed by atoms with Gasteiger partial charge in [0, 0.05) is 51.1 Å². The number of likely N-dealkylation sites (tertiary alicyclic amines) is 1. The quantitative estimate of drug-likeness (QED) is 0.916. The van der Waals surface area contributed by atoms with Crippen molar-refractivity contribution in [3.05, 3.63) is 30.3 Å². The van der Waals surface area contributed by atoms with Gasteiger partial charge in [-0.2, -0.15) is 0 Å². The Kier molecular flexibility index (Phi) is 4.48. The van der Waals surface area contributed by atoms with Crippen LogP contribution in [0.3, 0.4) is 0 Å². The average Bonchev–Trinajstić information content (AvgIpc) is 3.05. The third-order valence-electron chi connectivity index (χ3n) is 5.34. The number of para-hydroxylation sites is 1. The van der Waals surface area contributed by atoms with E-state index in [0.29, 0.717) is 6.10 Å². The molecule has 3 rings (SSSR count). The first-order chi connectivity index (χ1) is 10.3. The number of nitrogens with two attached hydrogens (primary N) is 1. The van der Waals surface area contributed by atoms with Crippen molar-refractivity contribution in [3.8, 4) is 0 Å². The Morgan fingerprint density at radius 1 is 1.19 bits per heavy atom. The van der Waals surface area contributed by atoms with Crippen molar-refractivity contribution < 1.29 is 4.74 Å². The van der Waals surface area contributed by atoms with E-state index in [1.54, 1.807) is 0 Å². The lowest BCUT2D eigenvalue weighted by atomic mass is 9.85. The van der Waals surface area contributed by atoms with Gasteiger partial charge in [-0.1, -0.05) is 18.2 Å². The van der Waals surface area contributed by atoms with E-state index in [0.717, 1.165) is 52.0 Å². The van der Waals surface area contributed by atoms with Crippen molar-refractivity contribution in [2.24, 2.45) is 5.73 Å². The summed E-state index contributed by atoms with van der Waals surface area (Å²) in [5.41, 5.74) is 7.70. The SMILES string of the molecule is COC1CCN(C2(CN)CCN(c3ccccc3)CC2)C1. The van der Waals surface area contributed by atoms with Gasteiger partial charge in [0.2, 0.25) is 0 Å². The van der Waals surface area contributed by atoms with E-state index in [2.05, 4.69) is 40.1 Å². The smallest absolute Gasteiger partial charge is 0.0710 e. The average molecular weight is 289 g/mol. The van der Waals surface area contributed by atoms with E-state index in [1.165, 1.54) is 5.69 Å². The van der Waals surface area contributed by atoms with E-state index in [1.807, 2.05) is 7.11 Å². The molecular weight excluding hydrogens is 262 g/mol. The molecular formula is C17H27N3O. The molecule has 0 aromatic heterocycles. The fourth-order valence-corrected chi connectivity index (χ4v) is 3.82. The highest BCUT2D eigenvalue weighted by Crippen LogP contribution is 2.33. The molecule has 21 heavy (non-hydrogen) atoms. The molecule has 0 bridgehead atoms. The number of rotatable bonds is 4. The van der Waals surface area contributed by atoms with Crippen LogP contribution in [0.25, 0.3) is 0 Å². The van der Waals surface area contributed by atoms with Crippen molar-refractivity contribution in [1.29, 1.82) is 0 Å².